The Bertz CT molecular complexity index is 955. The fourth-order valence-corrected chi connectivity index (χ4v) is 2.95. The Labute approximate surface area is 156 Å². The zero-order valence-corrected chi connectivity index (χ0v) is 14.8. The zero-order valence-electron chi connectivity index (χ0n) is 14.8. The number of carbonyl (C=O) groups is 1. The van der Waals surface area contributed by atoms with E-state index < -0.39 is 11.2 Å². The Balaban J connectivity index is 1.64. The molecule has 0 bridgehead atoms. The highest BCUT2D eigenvalue weighted by Crippen LogP contribution is 2.23. The molecule has 0 saturated carbocycles. The van der Waals surface area contributed by atoms with E-state index in [0.29, 0.717) is 6.54 Å². The number of rotatable bonds is 7. The van der Waals surface area contributed by atoms with Crippen LogP contribution in [0.5, 0.6) is 0 Å². The fraction of sp³-hybridized carbons (Fsp3) is 0.190. The van der Waals surface area contributed by atoms with Gasteiger partial charge in [0.1, 0.15) is 0 Å². The summed E-state index contributed by atoms with van der Waals surface area (Å²) >= 11 is 0. The van der Waals surface area contributed by atoms with E-state index >= 15 is 0 Å². The van der Waals surface area contributed by atoms with Gasteiger partial charge in [-0.3, -0.25) is 14.6 Å². The molecule has 0 aliphatic rings. The third kappa shape index (κ3) is 5.04. The van der Waals surface area contributed by atoms with E-state index in [-0.39, 0.29) is 24.8 Å². The summed E-state index contributed by atoms with van der Waals surface area (Å²) in [5.41, 5.74) is 1.29. The second-order valence-corrected chi connectivity index (χ2v) is 6.23. The standard InChI is InChI=1S/C21H21N3O3/c25-19(11-13-24-14-12-20(26)23-21(24)27)22-15-18(16-7-3-1-4-8-16)17-9-5-2-6-10-17/h1-10,12,14,18H,11,13,15H2,(H,22,25)(H,23,26,27). The number of hydrogen-bond donors (Lipinski definition) is 2. The first-order chi connectivity index (χ1) is 13.1. The molecule has 0 fully saturated rings. The molecule has 0 aliphatic heterocycles. The molecule has 1 heterocycles. The van der Waals surface area contributed by atoms with Crippen molar-refractivity contribution in [2.24, 2.45) is 0 Å². The monoisotopic (exact) mass is 363 g/mol. The van der Waals surface area contributed by atoms with Crippen LogP contribution in [0.4, 0.5) is 0 Å². The molecule has 138 valence electrons. The first-order valence-corrected chi connectivity index (χ1v) is 8.80. The van der Waals surface area contributed by atoms with Crippen molar-refractivity contribution in [3.05, 3.63) is 105 Å². The quantitative estimate of drug-likeness (QED) is 0.672. The minimum atomic E-state index is -0.512. The second-order valence-electron chi connectivity index (χ2n) is 6.23. The Morgan fingerprint density at radius 2 is 1.52 bits per heavy atom. The minimum absolute atomic E-state index is 0.0483. The van der Waals surface area contributed by atoms with Crippen molar-refractivity contribution in [2.45, 2.75) is 18.9 Å². The van der Waals surface area contributed by atoms with Gasteiger partial charge in [-0.05, 0) is 11.1 Å². The summed E-state index contributed by atoms with van der Waals surface area (Å²) in [6.07, 6.45) is 1.55. The lowest BCUT2D eigenvalue weighted by Gasteiger charge is -2.19. The highest BCUT2D eigenvalue weighted by Gasteiger charge is 2.15. The van der Waals surface area contributed by atoms with Gasteiger partial charge >= 0.3 is 5.69 Å². The Morgan fingerprint density at radius 1 is 0.926 bits per heavy atom. The van der Waals surface area contributed by atoms with E-state index in [1.54, 1.807) is 0 Å². The summed E-state index contributed by atoms with van der Waals surface area (Å²) in [7, 11) is 0. The molecule has 0 radical (unpaired) electrons. The van der Waals surface area contributed by atoms with Crippen molar-refractivity contribution < 1.29 is 4.79 Å². The minimum Gasteiger partial charge on any atom is -0.355 e. The number of hydrogen-bond acceptors (Lipinski definition) is 3. The summed E-state index contributed by atoms with van der Waals surface area (Å²) < 4.78 is 1.31. The number of nitrogens with zero attached hydrogens (tertiary/aromatic N) is 1. The molecule has 2 aromatic carbocycles. The van der Waals surface area contributed by atoms with E-state index in [1.165, 1.54) is 16.8 Å². The van der Waals surface area contributed by atoms with E-state index in [9.17, 15) is 14.4 Å². The van der Waals surface area contributed by atoms with Crippen molar-refractivity contribution >= 4 is 5.91 Å². The fourth-order valence-electron chi connectivity index (χ4n) is 2.95. The molecule has 1 amide bonds. The van der Waals surface area contributed by atoms with Gasteiger partial charge in [0, 0.05) is 37.7 Å². The molecule has 1 aromatic heterocycles. The molecule has 6 heteroatoms. The van der Waals surface area contributed by atoms with Crippen molar-refractivity contribution in [1.29, 1.82) is 0 Å². The molecule has 2 N–H and O–H groups in total. The predicted octanol–water partition coefficient (Wildman–Crippen LogP) is 1.87. The lowest BCUT2D eigenvalue weighted by Crippen LogP contribution is -2.32. The second kappa shape index (κ2) is 8.80. The van der Waals surface area contributed by atoms with Crippen LogP contribution < -0.4 is 16.6 Å². The van der Waals surface area contributed by atoms with E-state index in [2.05, 4.69) is 10.3 Å². The van der Waals surface area contributed by atoms with Crippen LogP contribution in [-0.2, 0) is 11.3 Å². The van der Waals surface area contributed by atoms with Crippen LogP contribution in [0.3, 0.4) is 0 Å². The van der Waals surface area contributed by atoms with Crippen molar-refractivity contribution in [1.82, 2.24) is 14.9 Å². The van der Waals surface area contributed by atoms with Gasteiger partial charge in [-0.25, -0.2) is 4.79 Å². The maximum Gasteiger partial charge on any atom is 0.328 e. The Morgan fingerprint density at radius 3 is 2.07 bits per heavy atom. The largest absolute Gasteiger partial charge is 0.355 e. The van der Waals surface area contributed by atoms with Crippen LogP contribution in [0.1, 0.15) is 23.5 Å². The third-order valence-corrected chi connectivity index (χ3v) is 4.38. The Hall–Kier alpha value is -3.41. The van der Waals surface area contributed by atoms with Crippen LogP contribution in [0, 0.1) is 0 Å². The van der Waals surface area contributed by atoms with Gasteiger partial charge in [-0.15, -0.1) is 0 Å². The molecule has 3 rings (SSSR count). The molecule has 6 nitrogen and oxygen atoms in total. The lowest BCUT2D eigenvalue weighted by atomic mass is 9.91. The number of amides is 1. The predicted molar refractivity (Wildman–Crippen MR) is 104 cm³/mol. The highest BCUT2D eigenvalue weighted by atomic mass is 16.2. The van der Waals surface area contributed by atoms with Crippen LogP contribution in [0.15, 0.2) is 82.5 Å². The molecule has 27 heavy (non-hydrogen) atoms. The van der Waals surface area contributed by atoms with Gasteiger partial charge in [0.05, 0.1) is 0 Å². The van der Waals surface area contributed by atoms with Crippen LogP contribution in [0.25, 0.3) is 0 Å². The van der Waals surface area contributed by atoms with Crippen molar-refractivity contribution in [3.8, 4) is 0 Å². The normalized spacial score (nSPS) is 10.7. The highest BCUT2D eigenvalue weighted by molar-refractivity contribution is 5.75. The van der Waals surface area contributed by atoms with E-state index in [4.69, 9.17) is 0 Å². The first-order valence-electron chi connectivity index (χ1n) is 8.80. The SMILES string of the molecule is O=C(CCn1ccc(=O)[nH]c1=O)NCC(c1ccccc1)c1ccccc1. The van der Waals surface area contributed by atoms with Gasteiger partial charge in [0.25, 0.3) is 5.56 Å². The molecule has 3 aromatic rings. The molecule has 0 saturated heterocycles. The Kier molecular flexibility index (Phi) is 5.99. The van der Waals surface area contributed by atoms with E-state index in [0.717, 1.165) is 11.1 Å². The topological polar surface area (TPSA) is 84.0 Å². The van der Waals surface area contributed by atoms with Crippen LogP contribution in [-0.4, -0.2) is 22.0 Å². The third-order valence-electron chi connectivity index (χ3n) is 4.38. The number of H-pyrrole nitrogens is 1. The average molecular weight is 363 g/mol. The average Bonchev–Trinajstić information content (AvgIpc) is 2.69. The summed E-state index contributed by atoms with van der Waals surface area (Å²) in [4.78, 5) is 37.2. The van der Waals surface area contributed by atoms with Crippen molar-refractivity contribution in [2.75, 3.05) is 6.54 Å². The molecular weight excluding hydrogens is 342 g/mol. The van der Waals surface area contributed by atoms with E-state index in [1.807, 2.05) is 60.7 Å². The molecule has 0 aliphatic carbocycles. The number of aromatic amines is 1. The van der Waals surface area contributed by atoms with Gasteiger partial charge < -0.3 is 9.88 Å². The van der Waals surface area contributed by atoms with Crippen molar-refractivity contribution in [3.63, 3.8) is 0 Å². The first kappa shape index (κ1) is 18.4. The summed E-state index contributed by atoms with van der Waals surface area (Å²) in [5.74, 6) is -0.0999. The molecule has 0 atom stereocenters. The summed E-state index contributed by atoms with van der Waals surface area (Å²) in [6.45, 7) is 0.677. The maximum atomic E-state index is 12.3. The number of aryl methyl sites for hydroxylation is 1. The molecule has 0 unspecified atom stereocenters. The number of aromatic nitrogens is 2. The number of nitrogens with one attached hydrogen (secondary N) is 2. The maximum absolute atomic E-state index is 12.3. The lowest BCUT2D eigenvalue weighted by molar-refractivity contribution is -0.121. The summed E-state index contributed by atoms with van der Waals surface area (Å²) in [6, 6.07) is 21.3. The number of benzene rings is 2. The van der Waals surface area contributed by atoms with Gasteiger partial charge in [0.2, 0.25) is 5.91 Å². The molecule has 0 spiro atoms. The van der Waals surface area contributed by atoms with Crippen LogP contribution >= 0.6 is 0 Å². The summed E-state index contributed by atoms with van der Waals surface area (Å²) in [5, 5.41) is 2.95. The zero-order chi connectivity index (χ0) is 19.1. The van der Waals surface area contributed by atoms with Gasteiger partial charge in [-0.1, -0.05) is 60.7 Å². The smallest absolute Gasteiger partial charge is 0.328 e. The number of carbonyl (C=O) groups excluding carboxylic acids is 1. The molecular formula is C21H21N3O3. The van der Waals surface area contributed by atoms with Crippen LogP contribution in [0.2, 0.25) is 0 Å². The van der Waals surface area contributed by atoms with Gasteiger partial charge in [-0.2, -0.15) is 0 Å². The van der Waals surface area contributed by atoms with Gasteiger partial charge in [0.15, 0.2) is 0 Å².